The average molecular weight is 336 g/mol. The predicted octanol–water partition coefficient (Wildman–Crippen LogP) is 3.71. The van der Waals surface area contributed by atoms with Crippen molar-refractivity contribution in [1.29, 1.82) is 0 Å². The number of nitrogens with one attached hydrogen (secondary N) is 1. The van der Waals surface area contributed by atoms with Gasteiger partial charge in [0.2, 0.25) is 0 Å². The molecular formula is C15H18BrN3O. The Bertz CT molecular complexity index is 577. The Morgan fingerprint density at radius 3 is 2.70 bits per heavy atom. The number of unbranched alkanes of at least 4 members (excludes halogenated alkanes) is 1. The Morgan fingerprint density at radius 1 is 1.35 bits per heavy atom. The smallest absolute Gasteiger partial charge is 0.271 e. The van der Waals surface area contributed by atoms with Crippen LogP contribution >= 0.6 is 15.9 Å². The average Bonchev–Trinajstić information content (AvgIpc) is 2.94. The zero-order valence-electron chi connectivity index (χ0n) is 11.7. The van der Waals surface area contributed by atoms with Gasteiger partial charge in [0, 0.05) is 23.6 Å². The van der Waals surface area contributed by atoms with Crippen LogP contribution in [0.2, 0.25) is 0 Å². The van der Waals surface area contributed by atoms with Gasteiger partial charge in [0.1, 0.15) is 5.69 Å². The molecule has 2 rings (SSSR count). The van der Waals surface area contributed by atoms with Crippen LogP contribution in [0.3, 0.4) is 0 Å². The first-order valence-corrected chi connectivity index (χ1v) is 7.48. The van der Waals surface area contributed by atoms with Crippen LogP contribution in [0, 0.1) is 0 Å². The molecule has 1 aromatic heterocycles. The number of rotatable bonds is 5. The second kappa shape index (κ2) is 6.70. The number of aromatic amines is 1. The van der Waals surface area contributed by atoms with Crippen molar-refractivity contribution in [3.8, 4) is 11.3 Å². The molecule has 0 radical (unpaired) electrons. The van der Waals surface area contributed by atoms with E-state index in [1.54, 1.807) is 11.0 Å². The molecule has 2 aromatic rings. The third-order valence-electron chi connectivity index (χ3n) is 3.14. The lowest BCUT2D eigenvalue weighted by atomic mass is 10.1. The fourth-order valence-electron chi connectivity index (χ4n) is 1.90. The molecule has 1 aromatic carbocycles. The largest absolute Gasteiger partial charge is 0.340 e. The highest BCUT2D eigenvalue weighted by Gasteiger charge is 2.14. The molecule has 0 aliphatic rings. The van der Waals surface area contributed by atoms with Gasteiger partial charge in [-0.15, -0.1) is 0 Å². The van der Waals surface area contributed by atoms with Crippen molar-refractivity contribution in [2.24, 2.45) is 0 Å². The summed E-state index contributed by atoms with van der Waals surface area (Å²) >= 11 is 3.40. The SMILES string of the molecule is CCCCN(C)C(=O)c1cc(-c2ccc(Br)cc2)n[nH]1. The highest BCUT2D eigenvalue weighted by Crippen LogP contribution is 2.20. The first-order chi connectivity index (χ1) is 9.61. The van der Waals surface area contributed by atoms with Gasteiger partial charge in [-0.2, -0.15) is 5.10 Å². The summed E-state index contributed by atoms with van der Waals surface area (Å²) in [5.74, 6) is -0.0192. The molecule has 0 atom stereocenters. The van der Waals surface area contributed by atoms with Crippen molar-refractivity contribution in [3.05, 3.63) is 40.5 Å². The zero-order chi connectivity index (χ0) is 14.5. The van der Waals surface area contributed by atoms with Gasteiger partial charge in [-0.1, -0.05) is 41.4 Å². The van der Waals surface area contributed by atoms with E-state index in [0.29, 0.717) is 5.69 Å². The van der Waals surface area contributed by atoms with Crippen molar-refractivity contribution < 1.29 is 4.79 Å². The Morgan fingerprint density at radius 2 is 2.05 bits per heavy atom. The fourth-order valence-corrected chi connectivity index (χ4v) is 2.17. The van der Waals surface area contributed by atoms with Crippen molar-refractivity contribution in [3.63, 3.8) is 0 Å². The maximum atomic E-state index is 12.2. The number of carbonyl (C=O) groups is 1. The number of H-pyrrole nitrogens is 1. The normalized spacial score (nSPS) is 10.6. The van der Waals surface area contributed by atoms with E-state index < -0.39 is 0 Å². The number of benzene rings is 1. The first kappa shape index (κ1) is 14.8. The summed E-state index contributed by atoms with van der Waals surface area (Å²) in [6, 6.07) is 9.65. The topological polar surface area (TPSA) is 49.0 Å². The molecule has 0 unspecified atom stereocenters. The third kappa shape index (κ3) is 3.48. The van der Waals surface area contributed by atoms with Crippen LogP contribution in [0.4, 0.5) is 0 Å². The van der Waals surface area contributed by atoms with Crippen molar-refractivity contribution >= 4 is 21.8 Å². The van der Waals surface area contributed by atoms with Crippen LogP contribution in [0.1, 0.15) is 30.3 Å². The molecule has 0 fully saturated rings. The van der Waals surface area contributed by atoms with Crippen LogP contribution in [-0.2, 0) is 0 Å². The van der Waals surface area contributed by atoms with Gasteiger partial charge < -0.3 is 4.90 Å². The van der Waals surface area contributed by atoms with Crippen molar-refractivity contribution in [2.75, 3.05) is 13.6 Å². The number of hydrogen-bond acceptors (Lipinski definition) is 2. The minimum Gasteiger partial charge on any atom is -0.340 e. The number of amides is 1. The lowest BCUT2D eigenvalue weighted by molar-refractivity contribution is 0.0787. The Labute approximate surface area is 127 Å². The maximum Gasteiger partial charge on any atom is 0.271 e. The number of carbonyl (C=O) groups excluding carboxylic acids is 1. The van der Waals surface area contributed by atoms with E-state index in [2.05, 4.69) is 33.1 Å². The molecule has 0 saturated carbocycles. The molecule has 106 valence electrons. The fraction of sp³-hybridized carbons (Fsp3) is 0.333. The summed E-state index contributed by atoms with van der Waals surface area (Å²) in [5, 5.41) is 7.04. The second-order valence-corrected chi connectivity index (χ2v) is 5.67. The summed E-state index contributed by atoms with van der Waals surface area (Å²) in [7, 11) is 1.82. The van der Waals surface area contributed by atoms with E-state index in [0.717, 1.165) is 35.1 Å². The maximum absolute atomic E-state index is 12.2. The van der Waals surface area contributed by atoms with E-state index >= 15 is 0 Å². The Hall–Kier alpha value is -1.62. The molecule has 0 aliphatic heterocycles. The van der Waals surface area contributed by atoms with Crippen LogP contribution < -0.4 is 0 Å². The van der Waals surface area contributed by atoms with Crippen LogP contribution in [-0.4, -0.2) is 34.6 Å². The van der Waals surface area contributed by atoms with E-state index in [4.69, 9.17) is 0 Å². The summed E-state index contributed by atoms with van der Waals surface area (Å²) in [6.07, 6.45) is 2.08. The van der Waals surface area contributed by atoms with Gasteiger partial charge in [-0.25, -0.2) is 0 Å². The van der Waals surface area contributed by atoms with E-state index in [1.807, 2.05) is 31.3 Å². The molecule has 20 heavy (non-hydrogen) atoms. The van der Waals surface area contributed by atoms with Gasteiger partial charge in [-0.3, -0.25) is 9.89 Å². The second-order valence-electron chi connectivity index (χ2n) is 4.75. The van der Waals surface area contributed by atoms with Crippen LogP contribution in [0.5, 0.6) is 0 Å². The molecule has 1 amide bonds. The lowest BCUT2D eigenvalue weighted by Crippen LogP contribution is -2.27. The third-order valence-corrected chi connectivity index (χ3v) is 3.67. The van der Waals surface area contributed by atoms with Gasteiger partial charge in [-0.05, 0) is 24.6 Å². The van der Waals surface area contributed by atoms with Gasteiger partial charge in [0.15, 0.2) is 0 Å². The molecule has 0 bridgehead atoms. The molecular weight excluding hydrogens is 318 g/mol. The van der Waals surface area contributed by atoms with E-state index in [9.17, 15) is 4.79 Å². The van der Waals surface area contributed by atoms with Crippen molar-refractivity contribution in [2.45, 2.75) is 19.8 Å². The van der Waals surface area contributed by atoms with E-state index in [-0.39, 0.29) is 5.91 Å². The van der Waals surface area contributed by atoms with Gasteiger partial charge in [0.05, 0.1) is 5.69 Å². The van der Waals surface area contributed by atoms with Gasteiger partial charge in [0.25, 0.3) is 5.91 Å². The minimum absolute atomic E-state index is 0.0192. The predicted molar refractivity (Wildman–Crippen MR) is 83.6 cm³/mol. The number of halogens is 1. The first-order valence-electron chi connectivity index (χ1n) is 6.68. The van der Waals surface area contributed by atoms with Crippen LogP contribution in [0.25, 0.3) is 11.3 Å². The molecule has 0 saturated heterocycles. The molecule has 5 heteroatoms. The lowest BCUT2D eigenvalue weighted by Gasteiger charge is -2.15. The molecule has 4 nitrogen and oxygen atoms in total. The summed E-state index contributed by atoms with van der Waals surface area (Å²) in [6.45, 7) is 2.88. The monoisotopic (exact) mass is 335 g/mol. The Balaban J connectivity index is 2.12. The quantitative estimate of drug-likeness (QED) is 0.905. The number of nitrogens with zero attached hydrogens (tertiary/aromatic N) is 2. The number of hydrogen-bond donors (Lipinski definition) is 1. The highest BCUT2D eigenvalue weighted by molar-refractivity contribution is 9.10. The minimum atomic E-state index is -0.0192. The van der Waals surface area contributed by atoms with Gasteiger partial charge >= 0.3 is 0 Å². The summed E-state index contributed by atoms with van der Waals surface area (Å²) < 4.78 is 1.02. The van der Waals surface area contributed by atoms with E-state index in [1.165, 1.54) is 0 Å². The Kier molecular flexibility index (Phi) is 4.95. The summed E-state index contributed by atoms with van der Waals surface area (Å²) in [4.78, 5) is 13.9. The zero-order valence-corrected chi connectivity index (χ0v) is 13.3. The highest BCUT2D eigenvalue weighted by atomic mass is 79.9. The van der Waals surface area contributed by atoms with Crippen LogP contribution in [0.15, 0.2) is 34.8 Å². The van der Waals surface area contributed by atoms with Crippen molar-refractivity contribution in [1.82, 2.24) is 15.1 Å². The molecule has 1 N–H and O–H groups in total. The molecule has 0 spiro atoms. The standard InChI is InChI=1S/C15H18BrN3O/c1-3-4-9-19(2)15(20)14-10-13(17-18-14)11-5-7-12(16)8-6-11/h5-8,10H,3-4,9H2,1-2H3,(H,17,18). The number of aromatic nitrogens is 2. The molecule has 0 aliphatic carbocycles. The molecule has 1 heterocycles. The summed E-state index contributed by atoms with van der Waals surface area (Å²) in [5.41, 5.74) is 2.30.